The third kappa shape index (κ3) is 1.88. The topological polar surface area (TPSA) is 55.6 Å². The Morgan fingerprint density at radius 2 is 2.50 bits per heavy atom. The van der Waals surface area contributed by atoms with Crippen LogP contribution >= 0.6 is 0 Å². The van der Waals surface area contributed by atoms with Gasteiger partial charge >= 0.3 is 6.09 Å². The number of hydrogen-bond acceptors (Lipinski definition) is 3. The van der Waals surface area contributed by atoms with Crippen LogP contribution in [0.25, 0.3) is 0 Å². The summed E-state index contributed by atoms with van der Waals surface area (Å²) in [6.45, 7) is 3.88. The van der Waals surface area contributed by atoms with Crippen molar-refractivity contribution >= 4 is 6.09 Å². The highest BCUT2D eigenvalue weighted by Crippen LogP contribution is 2.10. The molecule has 1 aliphatic rings. The van der Waals surface area contributed by atoms with E-state index in [0.29, 0.717) is 13.2 Å². The van der Waals surface area contributed by atoms with Gasteiger partial charge in [-0.2, -0.15) is 0 Å². The van der Waals surface area contributed by atoms with Crippen molar-refractivity contribution in [3.63, 3.8) is 0 Å². The van der Waals surface area contributed by atoms with E-state index in [1.54, 1.807) is 4.90 Å². The first-order valence-electron chi connectivity index (χ1n) is 4.43. The van der Waals surface area contributed by atoms with Gasteiger partial charge < -0.3 is 15.4 Å². The van der Waals surface area contributed by atoms with Crippen LogP contribution in [0.4, 0.5) is 4.79 Å². The van der Waals surface area contributed by atoms with Crippen molar-refractivity contribution in [2.75, 3.05) is 19.7 Å². The molecule has 0 aromatic carbocycles. The van der Waals surface area contributed by atoms with Crippen LogP contribution in [-0.4, -0.2) is 36.7 Å². The van der Waals surface area contributed by atoms with Gasteiger partial charge in [0, 0.05) is 19.1 Å². The van der Waals surface area contributed by atoms with Gasteiger partial charge in [-0.3, -0.25) is 0 Å². The van der Waals surface area contributed by atoms with E-state index in [9.17, 15) is 4.79 Å². The van der Waals surface area contributed by atoms with Crippen LogP contribution in [0.3, 0.4) is 0 Å². The van der Waals surface area contributed by atoms with E-state index in [1.165, 1.54) is 0 Å². The zero-order valence-electron chi connectivity index (χ0n) is 7.45. The van der Waals surface area contributed by atoms with E-state index in [0.717, 1.165) is 19.4 Å². The lowest BCUT2D eigenvalue weighted by atomic mass is 10.2. The van der Waals surface area contributed by atoms with Crippen LogP contribution in [0.1, 0.15) is 19.8 Å². The molecule has 0 bridgehead atoms. The van der Waals surface area contributed by atoms with E-state index in [1.807, 2.05) is 6.92 Å². The minimum absolute atomic E-state index is 0.151. The lowest BCUT2D eigenvalue weighted by Crippen LogP contribution is -2.47. The third-order valence-corrected chi connectivity index (χ3v) is 2.19. The fraction of sp³-hybridized carbons (Fsp3) is 0.875. The Labute approximate surface area is 72.7 Å². The molecule has 0 radical (unpaired) electrons. The molecule has 1 saturated heterocycles. The molecule has 0 aromatic heterocycles. The number of rotatable bonds is 3. The highest BCUT2D eigenvalue weighted by molar-refractivity contribution is 5.68. The molecule has 4 heteroatoms. The highest BCUT2D eigenvalue weighted by atomic mass is 16.6. The number of carbonyl (C=O) groups is 1. The van der Waals surface area contributed by atoms with Gasteiger partial charge in [-0.25, -0.2) is 4.79 Å². The van der Waals surface area contributed by atoms with E-state index in [-0.39, 0.29) is 12.1 Å². The minimum atomic E-state index is -0.210. The smallest absolute Gasteiger partial charge is 0.410 e. The fourth-order valence-electron chi connectivity index (χ4n) is 1.41. The number of ether oxygens (including phenoxy) is 1. The summed E-state index contributed by atoms with van der Waals surface area (Å²) in [5.74, 6) is 0. The summed E-state index contributed by atoms with van der Waals surface area (Å²) in [6.07, 6.45) is 1.60. The molecule has 1 amide bonds. The first-order valence-corrected chi connectivity index (χ1v) is 4.43. The number of hydrogen-bond donors (Lipinski definition) is 1. The Balaban J connectivity index is 2.51. The first kappa shape index (κ1) is 9.32. The summed E-state index contributed by atoms with van der Waals surface area (Å²) >= 11 is 0. The third-order valence-electron chi connectivity index (χ3n) is 2.19. The van der Waals surface area contributed by atoms with Gasteiger partial charge in [0.25, 0.3) is 0 Å². The molecular formula is C8H16N2O2. The van der Waals surface area contributed by atoms with Crippen molar-refractivity contribution in [1.82, 2.24) is 4.90 Å². The number of carbonyl (C=O) groups excluding carboxylic acids is 1. The van der Waals surface area contributed by atoms with Crippen LogP contribution in [0.2, 0.25) is 0 Å². The first-order chi connectivity index (χ1) is 5.79. The predicted octanol–water partition coefficient (Wildman–Crippen LogP) is 0.566. The van der Waals surface area contributed by atoms with E-state index >= 15 is 0 Å². The summed E-state index contributed by atoms with van der Waals surface area (Å²) in [5, 5.41) is 0. The molecule has 1 aliphatic heterocycles. The maximum atomic E-state index is 11.2. The average Bonchev–Trinajstić information content (AvgIpc) is 2.10. The Hall–Kier alpha value is -0.770. The molecule has 0 saturated carbocycles. The molecular weight excluding hydrogens is 156 g/mol. The molecule has 1 heterocycles. The minimum Gasteiger partial charge on any atom is -0.449 e. The molecule has 1 unspecified atom stereocenters. The lowest BCUT2D eigenvalue weighted by molar-refractivity contribution is 0.0557. The maximum absolute atomic E-state index is 11.2. The SMILES string of the molecule is CCC(CN)N1CCCOC1=O. The van der Waals surface area contributed by atoms with Crippen LogP contribution in [0.5, 0.6) is 0 Å². The molecule has 1 rings (SSSR count). The van der Waals surface area contributed by atoms with Crippen molar-refractivity contribution in [2.45, 2.75) is 25.8 Å². The quantitative estimate of drug-likeness (QED) is 0.677. The molecule has 0 aromatic rings. The van der Waals surface area contributed by atoms with Crippen LogP contribution in [-0.2, 0) is 4.74 Å². The van der Waals surface area contributed by atoms with Gasteiger partial charge in [0.1, 0.15) is 0 Å². The number of nitrogens with zero attached hydrogens (tertiary/aromatic N) is 1. The fourth-order valence-corrected chi connectivity index (χ4v) is 1.41. The monoisotopic (exact) mass is 172 g/mol. The maximum Gasteiger partial charge on any atom is 0.410 e. The number of amides is 1. The summed E-state index contributed by atoms with van der Waals surface area (Å²) in [4.78, 5) is 12.9. The van der Waals surface area contributed by atoms with Gasteiger partial charge in [0.2, 0.25) is 0 Å². The molecule has 4 nitrogen and oxygen atoms in total. The van der Waals surface area contributed by atoms with Gasteiger partial charge in [-0.05, 0) is 12.8 Å². The van der Waals surface area contributed by atoms with Crippen molar-refractivity contribution in [3.05, 3.63) is 0 Å². The zero-order chi connectivity index (χ0) is 8.97. The second-order valence-electron chi connectivity index (χ2n) is 2.96. The van der Waals surface area contributed by atoms with Crippen molar-refractivity contribution < 1.29 is 9.53 Å². The Morgan fingerprint density at radius 3 is 3.00 bits per heavy atom. The molecule has 0 aliphatic carbocycles. The summed E-state index contributed by atoms with van der Waals surface area (Å²) in [6, 6.07) is 0.151. The van der Waals surface area contributed by atoms with E-state index in [4.69, 9.17) is 10.5 Å². The molecule has 12 heavy (non-hydrogen) atoms. The molecule has 70 valence electrons. The Bertz CT molecular complexity index is 157. The van der Waals surface area contributed by atoms with Gasteiger partial charge in [-0.15, -0.1) is 0 Å². The van der Waals surface area contributed by atoms with Crippen molar-refractivity contribution in [3.8, 4) is 0 Å². The predicted molar refractivity (Wildman–Crippen MR) is 45.8 cm³/mol. The molecule has 0 spiro atoms. The van der Waals surface area contributed by atoms with Crippen LogP contribution < -0.4 is 5.73 Å². The van der Waals surface area contributed by atoms with Gasteiger partial charge in [0.15, 0.2) is 0 Å². The lowest BCUT2D eigenvalue weighted by Gasteiger charge is -2.32. The summed E-state index contributed by atoms with van der Waals surface area (Å²) < 4.78 is 4.91. The van der Waals surface area contributed by atoms with Crippen LogP contribution in [0, 0.1) is 0 Å². The van der Waals surface area contributed by atoms with Crippen LogP contribution in [0.15, 0.2) is 0 Å². The van der Waals surface area contributed by atoms with E-state index in [2.05, 4.69) is 0 Å². The second kappa shape index (κ2) is 4.30. The number of cyclic esters (lactones) is 1. The normalized spacial score (nSPS) is 20.5. The van der Waals surface area contributed by atoms with E-state index < -0.39 is 0 Å². The Kier molecular flexibility index (Phi) is 3.34. The Morgan fingerprint density at radius 1 is 1.75 bits per heavy atom. The standard InChI is InChI=1S/C8H16N2O2/c1-2-7(6-9)10-4-3-5-12-8(10)11/h7H,2-6,9H2,1H3. The second-order valence-corrected chi connectivity index (χ2v) is 2.96. The van der Waals surface area contributed by atoms with Gasteiger partial charge in [0.05, 0.1) is 6.61 Å². The molecule has 1 fully saturated rings. The highest BCUT2D eigenvalue weighted by Gasteiger charge is 2.25. The molecule has 2 N–H and O–H groups in total. The van der Waals surface area contributed by atoms with Crippen molar-refractivity contribution in [1.29, 1.82) is 0 Å². The molecule has 1 atom stereocenters. The average molecular weight is 172 g/mol. The zero-order valence-corrected chi connectivity index (χ0v) is 7.45. The van der Waals surface area contributed by atoms with Crippen molar-refractivity contribution in [2.24, 2.45) is 5.73 Å². The summed E-state index contributed by atoms with van der Waals surface area (Å²) in [5.41, 5.74) is 5.53. The summed E-state index contributed by atoms with van der Waals surface area (Å²) in [7, 11) is 0. The largest absolute Gasteiger partial charge is 0.449 e. The van der Waals surface area contributed by atoms with Gasteiger partial charge in [-0.1, -0.05) is 6.92 Å². The number of nitrogens with two attached hydrogens (primary N) is 1.